The fourth-order valence-electron chi connectivity index (χ4n) is 2.07. The van der Waals surface area contributed by atoms with Gasteiger partial charge in [0.25, 0.3) is 5.91 Å². The van der Waals surface area contributed by atoms with Gasteiger partial charge in [0.15, 0.2) is 0 Å². The van der Waals surface area contributed by atoms with Gasteiger partial charge in [0, 0.05) is 13.1 Å². The average Bonchev–Trinajstić information content (AvgIpc) is 2.85. The Hall–Kier alpha value is -1.11. The molecular weight excluding hydrogens is 254 g/mol. The van der Waals surface area contributed by atoms with E-state index in [0.717, 1.165) is 0 Å². The summed E-state index contributed by atoms with van der Waals surface area (Å²) in [5.41, 5.74) is 0. The van der Waals surface area contributed by atoms with Crippen molar-refractivity contribution in [3.63, 3.8) is 0 Å². The molecule has 0 spiro atoms. The van der Waals surface area contributed by atoms with Crippen molar-refractivity contribution in [3.8, 4) is 5.75 Å². The first kappa shape index (κ1) is 13.3. The normalized spacial score (nSPS) is 24.1. The van der Waals surface area contributed by atoms with Crippen LogP contribution in [0.5, 0.6) is 5.75 Å². The third-order valence-electron chi connectivity index (χ3n) is 2.86. The molecule has 0 radical (unpaired) electrons. The molecule has 0 aromatic carbocycles. The van der Waals surface area contributed by atoms with E-state index in [0.29, 0.717) is 23.7 Å². The summed E-state index contributed by atoms with van der Waals surface area (Å²) in [4.78, 5) is 14.7. The van der Waals surface area contributed by atoms with Crippen molar-refractivity contribution >= 4 is 17.2 Å². The van der Waals surface area contributed by atoms with Crippen LogP contribution in [-0.4, -0.2) is 54.9 Å². The molecule has 100 valence electrons. The zero-order valence-electron chi connectivity index (χ0n) is 10.5. The molecule has 0 bridgehead atoms. The van der Waals surface area contributed by atoms with Gasteiger partial charge in [0.2, 0.25) is 0 Å². The molecule has 1 aliphatic rings. The largest absolute Gasteiger partial charge is 0.495 e. The predicted octanol–water partition coefficient (Wildman–Crippen LogP) is 0.978. The second-order valence-electron chi connectivity index (χ2n) is 4.28. The highest BCUT2D eigenvalue weighted by Gasteiger charge is 2.30. The van der Waals surface area contributed by atoms with Gasteiger partial charge in [-0.25, -0.2) is 0 Å². The Kier molecular flexibility index (Phi) is 4.21. The molecule has 1 aliphatic heterocycles. The molecule has 2 heterocycles. The molecule has 2 atom stereocenters. The first-order valence-corrected chi connectivity index (χ1v) is 6.70. The topological polar surface area (TPSA) is 59.0 Å². The number of aliphatic hydroxyl groups is 1. The van der Waals surface area contributed by atoms with Gasteiger partial charge in [0.05, 0.1) is 25.9 Å². The Balaban J connectivity index is 2.13. The van der Waals surface area contributed by atoms with E-state index in [1.165, 1.54) is 11.3 Å². The summed E-state index contributed by atoms with van der Waals surface area (Å²) in [6, 6.07) is 1.78. The maximum atomic E-state index is 12.4. The highest BCUT2D eigenvalue weighted by atomic mass is 32.1. The molecule has 0 saturated carbocycles. The molecule has 1 saturated heterocycles. The van der Waals surface area contributed by atoms with Crippen LogP contribution in [0.3, 0.4) is 0 Å². The molecule has 6 heteroatoms. The smallest absolute Gasteiger partial charge is 0.267 e. The lowest BCUT2D eigenvalue weighted by atomic mass is 10.2. The molecule has 1 fully saturated rings. The molecule has 1 amide bonds. The number of nitrogens with zero attached hydrogens (tertiary/aromatic N) is 1. The predicted molar refractivity (Wildman–Crippen MR) is 68.2 cm³/mol. The number of ether oxygens (including phenoxy) is 2. The van der Waals surface area contributed by atoms with E-state index in [1.807, 2.05) is 12.3 Å². The number of morpholine rings is 1. The van der Waals surface area contributed by atoms with Crippen LogP contribution in [0.2, 0.25) is 0 Å². The molecule has 5 nitrogen and oxygen atoms in total. The van der Waals surface area contributed by atoms with Crippen molar-refractivity contribution in [2.45, 2.75) is 19.1 Å². The maximum Gasteiger partial charge on any atom is 0.267 e. The molecule has 1 aromatic rings. The van der Waals surface area contributed by atoms with Crippen LogP contribution < -0.4 is 4.74 Å². The maximum absolute atomic E-state index is 12.4. The summed E-state index contributed by atoms with van der Waals surface area (Å²) in [6.07, 6.45) is -0.366. The summed E-state index contributed by atoms with van der Waals surface area (Å²) < 4.78 is 10.7. The third kappa shape index (κ3) is 2.66. The van der Waals surface area contributed by atoms with Gasteiger partial charge in [-0.05, 0) is 18.4 Å². The highest BCUT2D eigenvalue weighted by molar-refractivity contribution is 7.12. The monoisotopic (exact) mass is 271 g/mol. The van der Waals surface area contributed by atoms with E-state index in [-0.39, 0.29) is 24.7 Å². The molecule has 2 rings (SSSR count). The Morgan fingerprint density at radius 3 is 3.11 bits per heavy atom. The van der Waals surface area contributed by atoms with Crippen molar-refractivity contribution in [2.24, 2.45) is 0 Å². The van der Waals surface area contributed by atoms with Crippen LogP contribution in [0.1, 0.15) is 16.6 Å². The Morgan fingerprint density at radius 2 is 2.44 bits per heavy atom. The first-order valence-electron chi connectivity index (χ1n) is 5.82. The van der Waals surface area contributed by atoms with Crippen LogP contribution in [-0.2, 0) is 4.74 Å². The van der Waals surface area contributed by atoms with Crippen molar-refractivity contribution in [3.05, 3.63) is 16.3 Å². The number of amides is 1. The first-order chi connectivity index (χ1) is 8.65. The highest BCUT2D eigenvalue weighted by Crippen LogP contribution is 2.27. The summed E-state index contributed by atoms with van der Waals surface area (Å²) in [5, 5.41) is 11.0. The standard InChI is InChI=1S/C12H17NO4S/c1-8-5-13(6-9(7-14)17-8)12(15)11-10(16-2)3-4-18-11/h3-4,8-9,14H,5-7H2,1-2H3. The minimum atomic E-state index is -0.302. The van der Waals surface area contributed by atoms with Crippen LogP contribution in [0.15, 0.2) is 11.4 Å². The SMILES string of the molecule is COc1ccsc1C(=O)N1CC(C)OC(CO)C1. The lowest BCUT2D eigenvalue weighted by Crippen LogP contribution is -2.50. The number of aliphatic hydroxyl groups excluding tert-OH is 1. The fraction of sp³-hybridized carbons (Fsp3) is 0.583. The second-order valence-corrected chi connectivity index (χ2v) is 5.20. The Morgan fingerprint density at radius 1 is 1.67 bits per heavy atom. The number of methoxy groups -OCH3 is 1. The zero-order valence-corrected chi connectivity index (χ0v) is 11.3. The van der Waals surface area contributed by atoms with Gasteiger partial charge in [-0.3, -0.25) is 4.79 Å². The van der Waals surface area contributed by atoms with Gasteiger partial charge in [0.1, 0.15) is 10.6 Å². The zero-order chi connectivity index (χ0) is 13.1. The number of carbonyl (C=O) groups excluding carboxylic acids is 1. The van der Waals surface area contributed by atoms with Gasteiger partial charge in [-0.1, -0.05) is 0 Å². The van der Waals surface area contributed by atoms with Gasteiger partial charge in [-0.2, -0.15) is 0 Å². The summed E-state index contributed by atoms with van der Waals surface area (Å²) in [6.45, 7) is 2.78. The molecular formula is C12H17NO4S. The number of hydrogen-bond acceptors (Lipinski definition) is 5. The van der Waals surface area contributed by atoms with Gasteiger partial charge in [-0.15, -0.1) is 11.3 Å². The quantitative estimate of drug-likeness (QED) is 0.890. The van der Waals surface area contributed by atoms with Crippen LogP contribution in [0.4, 0.5) is 0 Å². The van der Waals surface area contributed by atoms with Gasteiger partial charge < -0.3 is 19.5 Å². The average molecular weight is 271 g/mol. The Labute approximate surface area is 110 Å². The number of hydrogen-bond donors (Lipinski definition) is 1. The van der Waals surface area contributed by atoms with Crippen molar-refractivity contribution in [1.82, 2.24) is 4.90 Å². The van der Waals surface area contributed by atoms with Crippen LogP contribution >= 0.6 is 11.3 Å². The van der Waals surface area contributed by atoms with E-state index in [4.69, 9.17) is 14.6 Å². The fourth-order valence-corrected chi connectivity index (χ4v) is 2.89. The molecule has 2 unspecified atom stereocenters. The number of rotatable bonds is 3. The summed E-state index contributed by atoms with van der Waals surface area (Å²) in [5.74, 6) is 0.542. The number of carbonyl (C=O) groups is 1. The number of thiophene rings is 1. The lowest BCUT2D eigenvalue weighted by Gasteiger charge is -2.35. The second kappa shape index (κ2) is 5.69. The minimum absolute atomic E-state index is 0.0598. The van der Waals surface area contributed by atoms with E-state index < -0.39 is 0 Å². The molecule has 18 heavy (non-hydrogen) atoms. The van der Waals surface area contributed by atoms with E-state index in [2.05, 4.69) is 0 Å². The van der Waals surface area contributed by atoms with E-state index >= 15 is 0 Å². The molecule has 1 aromatic heterocycles. The van der Waals surface area contributed by atoms with Crippen molar-refractivity contribution in [2.75, 3.05) is 26.8 Å². The van der Waals surface area contributed by atoms with Crippen molar-refractivity contribution < 1.29 is 19.4 Å². The van der Waals surface area contributed by atoms with E-state index in [9.17, 15) is 4.79 Å². The van der Waals surface area contributed by atoms with Crippen LogP contribution in [0, 0.1) is 0 Å². The van der Waals surface area contributed by atoms with E-state index in [1.54, 1.807) is 18.1 Å². The molecule has 1 N–H and O–H groups in total. The Bertz CT molecular complexity index is 420. The lowest BCUT2D eigenvalue weighted by molar-refractivity contribution is -0.0858. The summed E-state index contributed by atoms with van der Waals surface area (Å²) in [7, 11) is 1.55. The molecule has 0 aliphatic carbocycles. The minimum Gasteiger partial charge on any atom is -0.495 e. The third-order valence-corrected chi connectivity index (χ3v) is 3.74. The van der Waals surface area contributed by atoms with Crippen molar-refractivity contribution in [1.29, 1.82) is 0 Å². The van der Waals surface area contributed by atoms with Crippen LogP contribution in [0.25, 0.3) is 0 Å². The summed E-state index contributed by atoms with van der Waals surface area (Å²) >= 11 is 1.37. The van der Waals surface area contributed by atoms with Gasteiger partial charge >= 0.3 is 0 Å².